The van der Waals surface area contributed by atoms with Gasteiger partial charge in [0, 0.05) is 43.9 Å². The molecule has 4 rings (SSSR count). The highest BCUT2D eigenvalue weighted by Gasteiger charge is 2.29. The summed E-state index contributed by atoms with van der Waals surface area (Å²) in [6.45, 7) is 5.51. The quantitative estimate of drug-likeness (QED) is 0.492. The average molecular weight is 489 g/mol. The first kappa shape index (κ1) is 24.2. The molecule has 2 heterocycles. The smallest absolute Gasteiger partial charge is 0.324 e. The number of aryl methyl sites for hydroxylation is 1. The Balaban J connectivity index is 1.44. The maximum absolute atomic E-state index is 13.4. The van der Waals surface area contributed by atoms with Crippen molar-refractivity contribution in [3.05, 3.63) is 47.3 Å². The molecule has 1 aromatic heterocycles. The van der Waals surface area contributed by atoms with Crippen molar-refractivity contribution in [3.8, 4) is 5.75 Å². The van der Waals surface area contributed by atoms with Gasteiger partial charge in [-0.3, -0.25) is 5.32 Å². The summed E-state index contributed by atoms with van der Waals surface area (Å²) in [5.74, 6) is 0.330. The zero-order chi connectivity index (χ0) is 24.4. The van der Waals surface area contributed by atoms with Crippen LogP contribution in [0.1, 0.15) is 18.1 Å². The van der Waals surface area contributed by atoms with E-state index >= 15 is 0 Å². The van der Waals surface area contributed by atoms with E-state index in [1.807, 2.05) is 26.0 Å². The summed E-state index contributed by atoms with van der Waals surface area (Å²) in [6.07, 6.45) is -0.528. The number of aliphatic hydroxyl groups is 2. The molecule has 0 radical (unpaired) electrons. The number of rotatable bonds is 6. The lowest BCUT2D eigenvalue weighted by molar-refractivity contribution is 0.0949. The van der Waals surface area contributed by atoms with E-state index < -0.39 is 6.10 Å². The molecule has 0 spiro atoms. The van der Waals surface area contributed by atoms with Crippen LogP contribution in [0, 0.1) is 12.7 Å². The normalized spacial score (nSPS) is 17.2. The number of aromatic nitrogens is 1. The van der Waals surface area contributed by atoms with Crippen LogP contribution < -0.4 is 15.0 Å². The number of amides is 2. The highest BCUT2D eigenvalue weighted by Crippen LogP contribution is 2.32. The van der Waals surface area contributed by atoms with Crippen molar-refractivity contribution in [1.82, 2.24) is 9.88 Å². The van der Waals surface area contributed by atoms with Gasteiger partial charge < -0.3 is 24.7 Å². The van der Waals surface area contributed by atoms with Crippen molar-refractivity contribution in [3.63, 3.8) is 0 Å². The maximum Gasteiger partial charge on any atom is 0.324 e. The van der Waals surface area contributed by atoms with Gasteiger partial charge in [-0.05, 0) is 43.2 Å². The molecule has 2 aromatic carbocycles. The van der Waals surface area contributed by atoms with Gasteiger partial charge in [-0.25, -0.2) is 14.2 Å². The first-order valence-electron chi connectivity index (χ1n) is 11.1. The van der Waals surface area contributed by atoms with Gasteiger partial charge in [0.25, 0.3) is 0 Å². The fourth-order valence-electron chi connectivity index (χ4n) is 4.34. The number of hydrogen-bond donors (Lipinski definition) is 3. The lowest BCUT2D eigenvalue weighted by Crippen LogP contribution is -2.55. The number of fused-ring (bicyclic) bond motifs is 1. The lowest BCUT2D eigenvalue weighted by Gasteiger charge is -2.41. The number of benzene rings is 2. The SMILES string of the molecule is COc1cc(N2CCN(C(=O)Nc3nc4ccc(F)cc4s3)[C@@H](C)C2)c(C)cc1C[C@@H](O)CO. The number of anilines is 2. The molecule has 0 aliphatic carbocycles. The molecule has 0 saturated carbocycles. The van der Waals surface area contributed by atoms with Gasteiger partial charge in [0.1, 0.15) is 11.6 Å². The molecule has 1 fully saturated rings. The van der Waals surface area contributed by atoms with E-state index in [9.17, 15) is 19.4 Å². The average Bonchev–Trinajstić information content (AvgIpc) is 3.20. The number of nitrogens with zero attached hydrogens (tertiary/aromatic N) is 3. The fraction of sp³-hybridized carbons (Fsp3) is 0.417. The molecule has 10 heteroatoms. The Bertz CT molecular complexity index is 1190. The van der Waals surface area contributed by atoms with E-state index in [1.165, 1.54) is 23.5 Å². The van der Waals surface area contributed by atoms with E-state index in [2.05, 4.69) is 15.2 Å². The zero-order valence-corrected chi connectivity index (χ0v) is 20.2. The second-order valence-electron chi connectivity index (χ2n) is 8.54. The first-order valence-corrected chi connectivity index (χ1v) is 12.0. The van der Waals surface area contributed by atoms with Crippen molar-refractivity contribution in [2.24, 2.45) is 0 Å². The summed E-state index contributed by atoms with van der Waals surface area (Å²) in [5, 5.41) is 22.3. The van der Waals surface area contributed by atoms with E-state index in [1.54, 1.807) is 18.1 Å². The third-order valence-corrected chi connectivity index (χ3v) is 6.99. The number of carbonyl (C=O) groups excluding carboxylic acids is 1. The number of piperazine rings is 1. The predicted molar refractivity (Wildman–Crippen MR) is 132 cm³/mol. The van der Waals surface area contributed by atoms with E-state index in [0.717, 1.165) is 16.8 Å². The minimum Gasteiger partial charge on any atom is -0.496 e. The Kier molecular flexibility index (Phi) is 7.20. The Hall–Kier alpha value is -2.95. The molecule has 34 heavy (non-hydrogen) atoms. The molecule has 2 atom stereocenters. The van der Waals surface area contributed by atoms with Crippen LogP contribution in [0.5, 0.6) is 5.75 Å². The van der Waals surface area contributed by atoms with Crippen molar-refractivity contribution >= 4 is 38.4 Å². The van der Waals surface area contributed by atoms with Crippen LogP contribution in [0.25, 0.3) is 10.2 Å². The molecule has 8 nitrogen and oxygen atoms in total. The summed E-state index contributed by atoms with van der Waals surface area (Å²) in [5.41, 5.74) is 3.54. The number of aliphatic hydroxyl groups excluding tert-OH is 2. The molecular formula is C24H29FN4O4S. The van der Waals surface area contributed by atoms with Crippen LogP contribution in [0.3, 0.4) is 0 Å². The van der Waals surface area contributed by atoms with Gasteiger partial charge in [-0.15, -0.1) is 0 Å². The van der Waals surface area contributed by atoms with E-state index in [4.69, 9.17) is 4.74 Å². The molecule has 1 aliphatic rings. The van der Waals surface area contributed by atoms with Gasteiger partial charge in [0.05, 0.1) is 30.0 Å². The molecule has 1 saturated heterocycles. The highest BCUT2D eigenvalue weighted by atomic mass is 32.1. The molecule has 3 aromatic rings. The van der Waals surface area contributed by atoms with Gasteiger partial charge in [-0.1, -0.05) is 17.4 Å². The summed E-state index contributed by atoms with van der Waals surface area (Å²) in [4.78, 5) is 21.3. The first-order chi connectivity index (χ1) is 16.3. The van der Waals surface area contributed by atoms with Crippen molar-refractivity contribution in [2.45, 2.75) is 32.4 Å². The molecule has 2 amide bonds. The van der Waals surface area contributed by atoms with Crippen LogP contribution in [-0.4, -0.2) is 71.6 Å². The van der Waals surface area contributed by atoms with Crippen LogP contribution in [0.15, 0.2) is 30.3 Å². The number of hydrogen-bond acceptors (Lipinski definition) is 7. The number of urea groups is 1. The molecule has 1 aliphatic heterocycles. The lowest BCUT2D eigenvalue weighted by atomic mass is 10.0. The number of thiazole rings is 1. The molecular weight excluding hydrogens is 459 g/mol. The predicted octanol–water partition coefficient (Wildman–Crippen LogP) is 3.39. The van der Waals surface area contributed by atoms with Crippen molar-refractivity contribution < 1.29 is 24.1 Å². The minimum atomic E-state index is -0.837. The summed E-state index contributed by atoms with van der Waals surface area (Å²) in [7, 11) is 1.59. The number of methoxy groups -OCH3 is 1. The number of carbonyl (C=O) groups is 1. The van der Waals surface area contributed by atoms with E-state index in [-0.39, 0.29) is 24.5 Å². The van der Waals surface area contributed by atoms with Gasteiger partial charge in [0.15, 0.2) is 5.13 Å². The molecule has 3 N–H and O–H groups in total. The third-order valence-electron chi connectivity index (χ3n) is 6.06. The van der Waals surface area contributed by atoms with Crippen LogP contribution >= 0.6 is 11.3 Å². The standard InChI is InChI=1S/C24H29FN4O4S/c1-14-8-16(9-18(31)13-30)21(33-3)11-20(14)28-6-7-29(15(2)12-28)24(32)27-23-26-19-5-4-17(25)10-22(19)34-23/h4-5,8,10-11,15,18,30-31H,6-7,9,12-13H2,1-3H3,(H,26,27,32)/t15-,18+/m0/s1. The number of ether oxygens (including phenoxy) is 1. The molecule has 182 valence electrons. The topological polar surface area (TPSA) is 98.2 Å². The van der Waals surface area contributed by atoms with Crippen LogP contribution in [0.4, 0.5) is 20.0 Å². The van der Waals surface area contributed by atoms with Crippen molar-refractivity contribution in [2.75, 3.05) is 43.6 Å². The highest BCUT2D eigenvalue weighted by molar-refractivity contribution is 7.22. The zero-order valence-electron chi connectivity index (χ0n) is 19.4. The summed E-state index contributed by atoms with van der Waals surface area (Å²) in [6, 6.07) is 8.02. The van der Waals surface area contributed by atoms with Gasteiger partial charge in [-0.2, -0.15) is 0 Å². The summed E-state index contributed by atoms with van der Waals surface area (Å²) >= 11 is 1.25. The fourth-order valence-corrected chi connectivity index (χ4v) is 5.22. The van der Waals surface area contributed by atoms with Crippen molar-refractivity contribution in [1.29, 1.82) is 0 Å². The van der Waals surface area contributed by atoms with Crippen LogP contribution in [-0.2, 0) is 6.42 Å². The second kappa shape index (κ2) is 10.1. The van der Waals surface area contributed by atoms with Gasteiger partial charge >= 0.3 is 6.03 Å². The Morgan fingerprint density at radius 3 is 2.85 bits per heavy atom. The number of halogens is 1. The molecule has 0 unspecified atom stereocenters. The Morgan fingerprint density at radius 2 is 2.15 bits per heavy atom. The van der Waals surface area contributed by atoms with Crippen LogP contribution in [0.2, 0.25) is 0 Å². The Labute approximate surface area is 201 Å². The Morgan fingerprint density at radius 1 is 1.35 bits per heavy atom. The van der Waals surface area contributed by atoms with E-state index in [0.29, 0.717) is 47.2 Å². The molecule has 0 bridgehead atoms. The largest absolute Gasteiger partial charge is 0.496 e. The maximum atomic E-state index is 13.4. The summed E-state index contributed by atoms with van der Waals surface area (Å²) < 4.78 is 19.7. The van der Waals surface area contributed by atoms with Gasteiger partial charge in [0.2, 0.25) is 0 Å². The number of nitrogens with one attached hydrogen (secondary N) is 1. The third kappa shape index (κ3) is 5.08. The monoisotopic (exact) mass is 488 g/mol. The second-order valence-corrected chi connectivity index (χ2v) is 9.57. The minimum absolute atomic E-state index is 0.0538.